The van der Waals surface area contributed by atoms with Gasteiger partial charge in [-0.1, -0.05) is 48.0 Å². The number of rotatable bonds is 7. The molecule has 1 aliphatic rings. The van der Waals surface area contributed by atoms with E-state index in [1.165, 1.54) is 17.7 Å². The number of aromatic nitrogens is 2. The van der Waals surface area contributed by atoms with Crippen LogP contribution in [0.4, 0.5) is 5.82 Å². The molecule has 7 nitrogen and oxygen atoms in total. The molecule has 2 aromatic heterocycles. The van der Waals surface area contributed by atoms with Crippen molar-refractivity contribution in [1.82, 2.24) is 19.8 Å². The highest BCUT2D eigenvalue weighted by Gasteiger charge is 2.38. The number of nitrogen functional groups attached to an aromatic ring is 1. The minimum absolute atomic E-state index is 0.116. The van der Waals surface area contributed by atoms with Crippen LogP contribution in [0.1, 0.15) is 16.0 Å². The lowest BCUT2D eigenvalue weighted by molar-refractivity contribution is -0.135. The van der Waals surface area contributed by atoms with Crippen LogP contribution in [0.15, 0.2) is 73.1 Å². The molecule has 2 aromatic carbocycles. The largest absolute Gasteiger partial charge is 0.383 e. The van der Waals surface area contributed by atoms with E-state index in [9.17, 15) is 9.59 Å². The molecule has 37 heavy (non-hydrogen) atoms. The van der Waals surface area contributed by atoms with Crippen molar-refractivity contribution in [2.24, 2.45) is 0 Å². The van der Waals surface area contributed by atoms with Gasteiger partial charge in [0.2, 0.25) is 5.91 Å². The van der Waals surface area contributed by atoms with E-state index >= 15 is 0 Å². The molecular formula is C28H26ClN5O2S. The van der Waals surface area contributed by atoms with E-state index in [0.29, 0.717) is 36.2 Å². The number of nitrogens with two attached hydrogens (primary N) is 1. The molecule has 2 N–H and O–H groups in total. The molecule has 1 aliphatic heterocycles. The average Bonchev–Trinajstić information content (AvgIpc) is 3.33. The summed E-state index contributed by atoms with van der Waals surface area (Å²) < 4.78 is 0.673. The SMILES string of the molecule is Nc1ncnc2cc(CN3CCN(C(=O)C=Cc4ccc(Cl)s4)[C@@H](Cc4ccccc4)C3C=O)ccc12. The number of hydrogen-bond acceptors (Lipinski definition) is 7. The second-order valence-corrected chi connectivity index (χ2v) is 10.7. The maximum absolute atomic E-state index is 13.3. The smallest absolute Gasteiger partial charge is 0.246 e. The fourth-order valence-electron chi connectivity index (χ4n) is 4.82. The predicted molar refractivity (Wildman–Crippen MR) is 148 cm³/mol. The van der Waals surface area contributed by atoms with Crippen LogP contribution in [0.25, 0.3) is 17.0 Å². The van der Waals surface area contributed by atoms with Crippen LogP contribution in [0.3, 0.4) is 0 Å². The van der Waals surface area contributed by atoms with Crippen molar-refractivity contribution in [2.75, 3.05) is 18.8 Å². The minimum Gasteiger partial charge on any atom is -0.383 e. The van der Waals surface area contributed by atoms with Gasteiger partial charge in [-0.15, -0.1) is 11.3 Å². The number of fused-ring (bicyclic) bond motifs is 1. The molecule has 4 aromatic rings. The van der Waals surface area contributed by atoms with Crippen molar-refractivity contribution >= 4 is 57.9 Å². The normalized spacial score (nSPS) is 18.5. The van der Waals surface area contributed by atoms with Crippen LogP contribution in [0.5, 0.6) is 0 Å². The molecule has 188 valence electrons. The van der Waals surface area contributed by atoms with Crippen LogP contribution in [-0.2, 0) is 22.6 Å². The van der Waals surface area contributed by atoms with E-state index in [1.54, 1.807) is 12.2 Å². The number of nitrogens with zero attached hydrogens (tertiary/aromatic N) is 4. The lowest BCUT2D eigenvalue weighted by atomic mass is 9.94. The zero-order valence-electron chi connectivity index (χ0n) is 20.0. The van der Waals surface area contributed by atoms with Gasteiger partial charge in [-0.25, -0.2) is 9.97 Å². The summed E-state index contributed by atoms with van der Waals surface area (Å²) in [5.41, 5.74) is 8.83. The summed E-state index contributed by atoms with van der Waals surface area (Å²) in [7, 11) is 0. The van der Waals surface area contributed by atoms with Crippen LogP contribution >= 0.6 is 22.9 Å². The van der Waals surface area contributed by atoms with Crippen molar-refractivity contribution in [2.45, 2.75) is 25.0 Å². The number of thiophene rings is 1. The Morgan fingerprint density at radius 3 is 2.68 bits per heavy atom. The lowest BCUT2D eigenvalue weighted by Gasteiger charge is -2.45. The minimum atomic E-state index is -0.464. The van der Waals surface area contributed by atoms with Gasteiger partial charge in [-0.2, -0.15) is 0 Å². The highest BCUT2D eigenvalue weighted by molar-refractivity contribution is 7.17. The van der Waals surface area contributed by atoms with Crippen molar-refractivity contribution < 1.29 is 9.59 Å². The summed E-state index contributed by atoms with van der Waals surface area (Å²) in [4.78, 5) is 39.1. The highest BCUT2D eigenvalue weighted by Crippen LogP contribution is 2.26. The molecule has 3 heterocycles. The fourth-order valence-corrected chi connectivity index (χ4v) is 5.79. The molecule has 0 aliphatic carbocycles. The van der Waals surface area contributed by atoms with Gasteiger partial charge in [0.05, 0.1) is 21.9 Å². The summed E-state index contributed by atoms with van der Waals surface area (Å²) in [6.45, 7) is 1.64. The lowest BCUT2D eigenvalue weighted by Crippen LogP contribution is -2.61. The van der Waals surface area contributed by atoms with Crippen LogP contribution in [0, 0.1) is 0 Å². The predicted octanol–water partition coefficient (Wildman–Crippen LogP) is 4.46. The Morgan fingerprint density at radius 2 is 1.92 bits per heavy atom. The quantitative estimate of drug-likeness (QED) is 0.279. The fraction of sp³-hybridized carbons (Fsp3) is 0.214. The van der Waals surface area contributed by atoms with Crippen molar-refractivity contribution in [1.29, 1.82) is 0 Å². The number of anilines is 1. The molecule has 5 rings (SSSR count). The number of halogens is 1. The molecule has 0 spiro atoms. The zero-order chi connectivity index (χ0) is 25.8. The standard InChI is InChI=1S/C28H26ClN5O2S/c29-26-10-7-21(37-26)8-11-27(36)34-13-12-33(25(17-35)24(34)15-19-4-2-1-3-5-19)16-20-6-9-22-23(14-20)31-18-32-28(22)30/h1-11,14,17-18,24-25H,12-13,15-16H2,(H2,30,31,32)/t24-,25?/m0/s1. The molecule has 0 radical (unpaired) electrons. The third kappa shape index (κ3) is 5.72. The Labute approximate surface area is 224 Å². The molecule has 1 amide bonds. The monoisotopic (exact) mass is 531 g/mol. The molecule has 1 fully saturated rings. The Bertz CT molecular complexity index is 1440. The van der Waals surface area contributed by atoms with Crippen LogP contribution in [0.2, 0.25) is 4.34 Å². The Kier molecular flexibility index (Phi) is 7.60. The molecule has 1 saturated heterocycles. The molecule has 0 bridgehead atoms. The van der Waals surface area contributed by atoms with E-state index < -0.39 is 6.04 Å². The second-order valence-electron chi connectivity index (χ2n) is 8.97. The van der Waals surface area contributed by atoms with Gasteiger partial charge in [-0.05, 0) is 47.9 Å². The second kappa shape index (κ2) is 11.2. The van der Waals surface area contributed by atoms with Crippen LogP contribution in [-0.4, -0.2) is 57.1 Å². The van der Waals surface area contributed by atoms with Gasteiger partial charge in [0.1, 0.15) is 18.4 Å². The van der Waals surface area contributed by atoms with Crippen molar-refractivity contribution in [3.63, 3.8) is 0 Å². The van der Waals surface area contributed by atoms with Gasteiger partial charge >= 0.3 is 0 Å². The number of carbonyl (C=O) groups is 2. The summed E-state index contributed by atoms with van der Waals surface area (Å²) in [6, 6.07) is 18.8. The third-order valence-corrected chi connectivity index (χ3v) is 7.85. The average molecular weight is 532 g/mol. The first-order chi connectivity index (χ1) is 18.0. The Hall–Kier alpha value is -3.59. The number of piperazine rings is 1. The van der Waals surface area contributed by atoms with Crippen molar-refractivity contribution in [3.8, 4) is 0 Å². The van der Waals surface area contributed by atoms with Gasteiger partial charge in [0.15, 0.2) is 0 Å². The number of amides is 1. The van der Waals surface area contributed by atoms with E-state index in [1.807, 2.05) is 65.6 Å². The van der Waals surface area contributed by atoms with Gasteiger partial charge in [0, 0.05) is 36.0 Å². The zero-order valence-corrected chi connectivity index (χ0v) is 21.6. The molecule has 0 saturated carbocycles. The first-order valence-electron chi connectivity index (χ1n) is 12.0. The molecule has 1 unspecified atom stereocenters. The molecule has 9 heteroatoms. The molecule has 2 atom stereocenters. The van der Waals surface area contributed by atoms with Gasteiger partial charge in [0.25, 0.3) is 0 Å². The first kappa shape index (κ1) is 25.1. The molecular weight excluding hydrogens is 506 g/mol. The highest BCUT2D eigenvalue weighted by atomic mass is 35.5. The number of hydrogen-bond donors (Lipinski definition) is 1. The Balaban J connectivity index is 1.40. The van der Waals surface area contributed by atoms with E-state index in [0.717, 1.165) is 33.2 Å². The maximum Gasteiger partial charge on any atom is 0.246 e. The van der Waals surface area contributed by atoms with Crippen LogP contribution < -0.4 is 5.73 Å². The summed E-state index contributed by atoms with van der Waals surface area (Å²) >= 11 is 7.44. The maximum atomic E-state index is 13.3. The third-order valence-electron chi connectivity index (χ3n) is 6.66. The van der Waals surface area contributed by atoms with E-state index in [4.69, 9.17) is 17.3 Å². The number of carbonyl (C=O) groups excluding carboxylic acids is 2. The van der Waals surface area contributed by atoms with E-state index in [2.05, 4.69) is 14.9 Å². The van der Waals surface area contributed by atoms with Gasteiger partial charge in [-0.3, -0.25) is 9.69 Å². The summed E-state index contributed by atoms with van der Waals surface area (Å²) in [6.07, 6.45) is 6.35. The van der Waals surface area contributed by atoms with Gasteiger partial charge < -0.3 is 15.4 Å². The van der Waals surface area contributed by atoms with Crippen molar-refractivity contribution in [3.05, 3.63) is 93.4 Å². The number of aldehydes is 1. The topological polar surface area (TPSA) is 92.4 Å². The summed E-state index contributed by atoms with van der Waals surface area (Å²) in [5, 5.41) is 0.800. The number of benzene rings is 2. The van der Waals surface area contributed by atoms with E-state index in [-0.39, 0.29) is 11.9 Å². The Morgan fingerprint density at radius 1 is 1.08 bits per heavy atom. The first-order valence-corrected chi connectivity index (χ1v) is 13.2. The summed E-state index contributed by atoms with van der Waals surface area (Å²) in [5.74, 6) is 0.324.